The number of likely N-dealkylation sites (N-methyl/N-ethyl adjacent to an activating group) is 1. The van der Waals surface area contributed by atoms with Crippen LogP contribution in [0.2, 0.25) is 0 Å². The SMILES string of the molecule is C=CCCCN(C)C(C)CNCCC. The van der Waals surface area contributed by atoms with Crippen LogP contribution in [0.25, 0.3) is 0 Å². The second kappa shape index (κ2) is 9.22. The molecule has 0 amide bonds. The Balaban J connectivity index is 3.43. The van der Waals surface area contributed by atoms with Gasteiger partial charge in [-0.1, -0.05) is 13.0 Å². The van der Waals surface area contributed by atoms with Gasteiger partial charge >= 0.3 is 0 Å². The third kappa shape index (κ3) is 7.10. The number of rotatable bonds is 9. The quantitative estimate of drug-likeness (QED) is 0.452. The Morgan fingerprint density at radius 1 is 1.50 bits per heavy atom. The molecule has 0 rings (SSSR count). The molecule has 0 heterocycles. The van der Waals surface area contributed by atoms with Crippen molar-refractivity contribution in [3.05, 3.63) is 12.7 Å². The fraction of sp³-hybridized carbons (Fsp3) is 0.833. The molecule has 0 spiro atoms. The summed E-state index contributed by atoms with van der Waals surface area (Å²) >= 11 is 0. The van der Waals surface area contributed by atoms with Crippen LogP contribution in [-0.2, 0) is 0 Å². The van der Waals surface area contributed by atoms with Crippen molar-refractivity contribution in [3.63, 3.8) is 0 Å². The molecule has 2 nitrogen and oxygen atoms in total. The average Bonchev–Trinajstić information content (AvgIpc) is 2.18. The molecule has 84 valence electrons. The molecule has 0 aromatic rings. The zero-order chi connectivity index (χ0) is 10.8. The molecule has 0 saturated heterocycles. The molecule has 1 unspecified atom stereocenters. The molecule has 1 atom stereocenters. The molecule has 0 aromatic carbocycles. The predicted molar refractivity (Wildman–Crippen MR) is 64.7 cm³/mol. The molecule has 0 bridgehead atoms. The van der Waals surface area contributed by atoms with E-state index < -0.39 is 0 Å². The summed E-state index contributed by atoms with van der Waals surface area (Å²) in [6.45, 7) is 11.6. The summed E-state index contributed by atoms with van der Waals surface area (Å²) in [6.07, 6.45) is 5.55. The third-order valence-electron chi connectivity index (χ3n) is 2.54. The normalized spacial score (nSPS) is 13.1. The second-order valence-electron chi connectivity index (χ2n) is 3.96. The summed E-state index contributed by atoms with van der Waals surface area (Å²) in [6, 6.07) is 0.631. The lowest BCUT2D eigenvalue weighted by Crippen LogP contribution is -2.38. The van der Waals surface area contributed by atoms with Gasteiger partial charge in [0.05, 0.1) is 0 Å². The van der Waals surface area contributed by atoms with Crippen molar-refractivity contribution in [2.75, 3.05) is 26.7 Å². The molecule has 0 saturated carbocycles. The van der Waals surface area contributed by atoms with Crippen LogP contribution in [0.4, 0.5) is 0 Å². The van der Waals surface area contributed by atoms with E-state index in [0.29, 0.717) is 6.04 Å². The number of nitrogens with zero attached hydrogens (tertiary/aromatic N) is 1. The van der Waals surface area contributed by atoms with Gasteiger partial charge in [-0.2, -0.15) is 0 Å². The first kappa shape index (κ1) is 13.7. The van der Waals surface area contributed by atoms with E-state index in [1.54, 1.807) is 0 Å². The van der Waals surface area contributed by atoms with Gasteiger partial charge in [0.25, 0.3) is 0 Å². The van der Waals surface area contributed by atoms with Gasteiger partial charge in [-0.25, -0.2) is 0 Å². The van der Waals surface area contributed by atoms with Gasteiger partial charge in [0.15, 0.2) is 0 Å². The second-order valence-corrected chi connectivity index (χ2v) is 3.96. The van der Waals surface area contributed by atoms with Crippen LogP contribution in [0.1, 0.15) is 33.1 Å². The first-order valence-corrected chi connectivity index (χ1v) is 5.74. The first-order valence-electron chi connectivity index (χ1n) is 5.74. The summed E-state index contributed by atoms with van der Waals surface area (Å²) < 4.78 is 0. The zero-order valence-corrected chi connectivity index (χ0v) is 10.1. The van der Waals surface area contributed by atoms with Crippen molar-refractivity contribution in [1.82, 2.24) is 10.2 Å². The molecule has 14 heavy (non-hydrogen) atoms. The molecule has 0 aliphatic carbocycles. The highest BCUT2D eigenvalue weighted by Gasteiger charge is 2.06. The summed E-state index contributed by atoms with van der Waals surface area (Å²) in [5, 5.41) is 3.44. The smallest absolute Gasteiger partial charge is 0.0189 e. The lowest BCUT2D eigenvalue weighted by Gasteiger charge is -2.24. The van der Waals surface area contributed by atoms with Gasteiger partial charge in [-0.15, -0.1) is 6.58 Å². The van der Waals surface area contributed by atoms with Crippen LogP contribution in [-0.4, -0.2) is 37.6 Å². The molecule has 1 N–H and O–H groups in total. The summed E-state index contributed by atoms with van der Waals surface area (Å²) in [5.74, 6) is 0. The third-order valence-corrected chi connectivity index (χ3v) is 2.54. The van der Waals surface area contributed by atoms with Crippen LogP contribution in [0, 0.1) is 0 Å². The van der Waals surface area contributed by atoms with E-state index in [0.717, 1.165) is 19.5 Å². The van der Waals surface area contributed by atoms with Gasteiger partial charge in [-0.3, -0.25) is 0 Å². The molecule has 2 heteroatoms. The van der Waals surface area contributed by atoms with E-state index in [1.165, 1.54) is 19.4 Å². The van der Waals surface area contributed by atoms with Gasteiger partial charge in [0.1, 0.15) is 0 Å². The maximum atomic E-state index is 3.73. The minimum absolute atomic E-state index is 0.631. The highest BCUT2D eigenvalue weighted by molar-refractivity contribution is 4.70. The Hall–Kier alpha value is -0.340. The minimum Gasteiger partial charge on any atom is -0.315 e. The number of hydrogen-bond donors (Lipinski definition) is 1. The van der Waals surface area contributed by atoms with Crippen molar-refractivity contribution in [2.24, 2.45) is 0 Å². The Morgan fingerprint density at radius 2 is 2.21 bits per heavy atom. The van der Waals surface area contributed by atoms with Crippen molar-refractivity contribution >= 4 is 0 Å². The van der Waals surface area contributed by atoms with Gasteiger partial charge < -0.3 is 10.2 Å². The lowest BCUT2D eigenvalue weighted by molar-refractivity contribution is 0.249. The molecular formula is C12H26N2. The predicted octanol–water partition coefficient (Wildman–Crippen LogP) is 2.27. The molecule has 0 fully saturated rings. The Morgan fingerprint density at radius 3 is 2.79 bits per heavy atom. The Bertz CT molecular complexity index is 134. The van der Waals surface area contributed by atoms with E-state index in [-0.39, 0.29) is 0 Å². The van der Waals surface area contributed by atoms with Gasteiger partial charge in [0, 0.05) is 12.6 Å². The largest absolute Gasteiger partial charge is 0.315 e. The van der Waals surface area contributed by atoms with Crippen LogP contribution in [0.5, 0.6) is 0 Å². The van der Waals surface area contributed by atoms with Crippen LogP contribution < -0.4 is 5.32 Å². The lowest BCUT2D eigenvalue weighted by atomic mass is 10.2. The number of hydrogen-bond acceptors (Lipinski definition) is 2. The number of allylic oxidation sites excluding steroid dienone is 1. The summed E-state index contributed by atoms with van der Waals surface area (Å²) in [5.41, 5.74) is 0. The van der Waals surface area contributed by atoms with Gasteiger partial charge in [-0.05, 0) is 46.3 Å². The summed E-state index contributed by atoms with van der Waals surface area (Å²) in [4.78, 5) is 2.41. The fourth-order valence-corrected chi connectivity index (χ4v) is 1.35. The van der Waals surface area contributed by atoms with Crippen molar-refractivity contribution in [1.29, 1.82) is 0 Å². The monoisotopic (exact) mass is 198 g/mol. The van der Waals surface area contributed by atoms with E-state index >= 15 is 0 Å². The van der Waals surface area contributed by atoms with E-state index in [9.17, 15) is 0 Å². The van der Waals surface area contributed by atoms with E-state index in [4.69, 9.17) is 0 Å². The average molecular weight is 198 g/mol. The standard InChI is InChI=1S/C12H26N2/c1-5-7-8-10-14(4)12(3)11-13-9-6-2/h5,12-13H,1,6-11H2,2-4H3. The van der Waals surface area contributed by atoms with E-state index in [2.05, 4.69) is 37.7 Å². The maximum Gasteiger partial charge on any atom is 0.0189 e. The van der Waals surface area contributed by atoms with Crippen molar-refractivity contribution < 1.29 is 0 Å². The minimum atomic E-state index is 0.631. The fourth-order valence-electron chi connectivity index (χ4n) is 1.35. The van der Waals surface area contributed by atoms with Crippen LogP contribution >= 0.6 is 0 Å². The molecule has 0 aliphatic rings. The number of unbranched alkanes of at least 4 members (excludes halogenated alkanes) is 1. The molecular weight excluding hydrogens is 172 g/mol. The highest BCUT2D eigenvalue weighted by Crippen LogP contribution is 1.98. The maximum absolute atomic E-state index is 3.73. The van der Waals surface area contributed by atoms with Crippen molar-refractivity contribution in [3.8, 4) is 0 Å². The molecule has 0 aromatic heterocycles. The Labute approximate surface area is 89.4 Å². The van der Waals surface area contributed by atoms with Crippen LogP contribution in [0.3, 0.4) is 0 Å². The van der Waals surface area contributed by atoms with E-state index in [1.807, 2.05) is 6.08 Å². The summed E-state index contributed by atoms with van der Waals surface area (Å²) in [7, 11) is 2.20. The number of nitrogens with one attached hydrogen (secondary N) is 1. The van der Waals surface area contributed by atoms with Crippen LogP contribution in [0.15, 0.2) is 12.7 Å². The van der Waals surface area contributed by atoms with Crippen molar-refractivity contribution in [2.45, 2.75) is 39.2 Å². The zero-order valence-electron chi connectivity index (χ0n) is 10.1. The van der Waals surface area contributed by atoms with Gasteiger partial charge in [0.2, 0.25) is 0 Å². The topological polar surface area (TPSA) is 15.3 Å². The highest BCUT2D eigenvalue weighted by atomic mass is 15.1. The first-order chi connectivity index (χ1) is 6.72. The Kier molecular flexibility index (Phi) is 9.00. The molecule has 0 radical (unpaired) electrons. The molecule has 0 aliphatic heterocycles.